The maximum Gasteiger partial charge on any atom is 0.198 e. The van der Waals surface area contributed by atoms with Crippen molar-refractivity contribution in [3.63, 3.8) is 0 Å². The van der Waals surface area contributed by atoms with Gasteiger partial charge in [-0.15, -0.1) is 0 Å². The molecule has 0 unspecified atom stereocenters. The van der Waals surface area contributed by atoms with Crippen LogP contribution in [-0.2, 0) is 12.8 Å². The number of ether oxygens (including phenoxy) is 1. The highest BCUT2D eigenvalue weighted by atomic mass is 16.5. The number of benzene rings is 1. The van der Waals surface area contributed by atoms with E-state index in [9.17, 15) is 0 Å². The molecule has 1 aromatic heterocycles. The van der Waals surface area contributed by atoms with Crippen LogP contribution < -0.4 is 10.5 Å². The van der Waals surface area contributed by atoms with Gasteiger partial charge in [0.1, 0.15) is 11.5 Å². The van der Waals surface area contributed by atoms with E-state index in [4.69, 9.17) is 14.9 Å². The fourth-order valence-electron chi connectivity index (χ4n) is 1.93. The predicted octanol–water partition coefficient (Wildman–Crippen LogP) is 2.41. The first-order chi connectivity index (χ1) is 9.20. The van der Waals surface area contributed by atoms with Gasteiger partial charge >= 0.3 is 0 Å². The molecule has 4 heteroatoms. The van der Waals surface area contributed by atoms with Gasteiger partial charge in [0.05, 0.1) is 18.7 Å². The predicted molar refractivity (Wildman–Crippen MR) is 74.4 cm³/mol. The summed E-state index contributed by atoms with van der Waals surface area (Å²) < 4.78 is 11.3. The maximum absolute atomic E-state index is 5.73. The van der Waals surface area contributed by atoms with Crippen LogP contribution in [0.2, 0.25) is 0 Å². The monoisotopic (exact) mass is 260 g/mol. The molecule has 0 atom stereocenters. The second kappa shape index (κ2) is 6.38. The van der Waals surface area contributed by atoms with E-state index in [0.29, 0.717) is 19.6 Å². The van der Waals surface area contributed by atoms with Crippen LogP contribution in [0.15, 0.2) is 28.7 Å². The fourth-order valence-corrected chi connectivity index (χ4v) is 1.93. The summed E-state index contributed by atoms with van der Waals surface area (Å²) in [7, 11) is 0. The summed E-state index contributed by atoms with van der Waals surface area (Å²) in [5.74, 6) is 2.49. The SMILES string of the molecule is Cc1ccccc1OCCc1nc(CCN)c(C)o1. The summed E-state index contributed by atoms with van der Waals surface area (Å²) in [6, 6.07) is 7.97. The number of oxazole rings is 1. The summed E-state index contributed by atoms with van der Waals surface area (Å²) in [5, 5.41) is 0. The van der Waals surface area contributed by atoms with Gasteiger partial charge in [0.15, 0.2) is 5.89 Å². The highest BCUT2D eigenvalue weighted by molar-refractivity contribution is 5.31. The Labute approximate surface area is 113 Å². The zero-order valence-electron chi connectivity index (χ0n) is 11.5. The first-order valence-corrected chi connectivity index (χ1v) is 6.54. The molecular formula is C15H20N2O2. The Bertz CT molecular complexity index is 535. The largest absolute Gasteiger partial charge is 0.493 e. The third kappa shape index (κ3) is 3.58. The van der Waals surface area contributed by atoms with E-state index >= 15 is 0 Å². The molecule has 0 spiro atoms. The topological polar surface area (TPSA) is 61.3 Å². The van der Waals surface area contributed by atoms with Gasteiger partial charge in [-0.25, -0.2) is 4.98 Å². The smallest absolute Gasteiger partial charge is 0.198 e. The highest BCUT2D eigenvalue weighted by Crippen LogP contribution is 2.17. The summed E-state index contributed by atoms with van der Waals surface area (Å²) in [6.45, 7) is 5.10. The summed E-state index contributed by atoms with van der Waals surface area (Å²) in [6.07, 6.45) is 1.42. The second-order valence-corrected chi connectivity index (χ2v) is 4.51. The van der Waals surface area contributed by atoms with Crippen LogP contribution in [0.3, 0.4) is 0 Å². The molecule has 0 aliphatic rings. The van der Waals surface area contributed by atoms with Crippen LogP contribution >= 0.6 is 0 Å². The number of rotatable bonds is 6. The van der Waals surface area contributed by atoms with Gasteiger partial charge in [0.2, 0.25) is 0 Å². The van der Waals surface area contributed by atoms with E-state index in [2.05, 4.69) is 4.98 Å². The molecule has 19 heavy (non-hydrogen) atoms. The van der Waals surface area contributed by atoms with Gasteiger partial charge in [0.25, 0.3) is 0 Å². The molecule has 4 nitrogen and oxygen atoms in total. The van der Waals surface area contributed by atoms with Crippen molar-refractivity contribution in [2.45, 2.75) is 26.7 Å². The van der Waals surface area contributed by atoms with Crippen molar-refractivity contribution in [3.05, 3.63) is 47.2 Å². The Morgan fingerprint density at radius 2 is 2.00 bits per heavy atom. The Morgan fingerprint density at radius 1 is 1.21 bits per heavy atom. The lowest BCUT2D eigenvalue weighted by atomic mass is 10.2. The van der Waals surface area contributed by atoms with E-state index in [0.717, 1.165) is 35.1 Å². The van der Waals surface area contributed by atoms with Crippen molar-refractivity contribution in [1.29, 1.82) is 0 Å². The van der Waals surface area contributed by atoms with Crippen LogP contribution in [-0.4, -0.2) is 18.1 Å². The molecule has 0 aliphatic heterocycles. The summed E-state index contributed by atoms with van der Waals surface area (Å²) in [4.78, 5) is 4.43. The van der Waals surface area contributed by atoms with Crippen molar-refractivity contribution in [1.82, 2.24) is 4.98 Å². The van der Waals surface area contributed by atoms with Gasteiger partial charge in [-0.3, -0.25) is 0 Å². The average Bonchev–Trinajstić information content (AvgIpc) is 2.73. The molecule has 0 amide bonds. The molecule has 0 saturated carbocycles. The lowest BCUT2D eigenvalue weighted by Gasteiger charge is -2.07. The Hall–Kier alpha value is -1.81. The number of aryl methyl sites for hydroxylation is 2. The van der Waals surface area contributed by atoms with Crippen LogP contribution in [0.4, 0.5) is 0 Å². The van der Waals surface area contributed by atoms with Crippen molar-refractivity contribution in [2.75, 3.05) is 13.2 Å². The standard InChI is InChI=1S/C15H20N2O2/c1-11-5-3-4-6-14(11)18-10-8-15-17-13(7-9-16)12(2)19-15/h3-6H,7-10,16H2,1-2H3. The van der Waals surface area contributed by atoms with Gasteiger partial charge in [-0.05, 0) is 32.0 Å². The first kappa shape index (κ1) is 13.6. The fraction of sp³-hybridized carbons (Fsp3) is 0.400. The number of hydrogen-bond acceptors (Lipinski definition) is 4. The minimum atomic E-state index is 0.562. The molecule has 0 saturated heterocycles. The van der Waals surface area contributed by atoms with E-state index < -0.39 is 0 Å². The van der Waals surface area contributed by atoms with Gasteiger partial charge in [0, 0.05) is 6.42 Å². The minimum absolute atomic E-state index is 0.562. The molecule has 0 bridgehead atoms. The van der Waals surface area contributed by atoms with Crippen molar-refractivity contribution < 1.29 is 9.15 Å². The maximum atomic E-state index is 5.73. The molecular weight excluding hydrogens is 240 g/mol. The molecule has 0 radical (unpaired) electrons. The van der Waals surface area contributed by atoms with Gasteiger partial charge in [-0.2, -0.15) is 0 Å². The van der Waals surface area contributed by atoms with Crippen LogP contribution in [0, 0.1) is 13.8 Å². The first-order valence-electron chi connectivity index (χ1n) is 6.54. The molecule has 0 fully saturated rings. The van der Waals surface area contributed by atoms with Crippen LogP contribution in [0.25, 0.3) is 0 Å². The highest BCUT2D eigenvalue weighted by Gasteiger charge is 2.09. The van der Waals surface area contributed by atoms with Crippen molar-refractivity contribution >= 4 is 0 Å². The summed E-state index contributed by atoms with van der Waals surface area (Å²) >= 11 is 0. The Morgan fingerprint density at radius 3 is 2.74 bits per heavy atom. The van der Waals surface area contributed by atoms with Crippen LogP contribution in [0.1, 0.15) is 22.9 Å². The van der Waals surface area contributed by atoms with E-state index in [1.807, 2.05) is 38.1 Å². The zero-order chi connectivity index (χ0) is 13.7. The second-order valence-electron chi connectivity index (χ2n) is 4.51. The average molecular weight is 260 g/mol. The molecule has 2 rings (SSSR count). The van der Waals surface area contributed by atoms with Crippen molar-refractivity contribution in [2.24, 2.45) is 5.73 Å². The van der Waals surface area contributed by atoms with Crippen LogP contribution in [0.5, 0.6) is 5.75 Å². The molecule has 2 N–H and O–H groups in total. The zero-order valence-corrected chi connectivity index (χ0v) is 11.5. The van der Waals surface area contributed by atoms with E-state index in [1.165, 1.54) is 0 Å². The molecule has 102 valence electrons. The quantitative estimate of drug-likeness (QED) is 0.866. The molecule has 0 aliphatic carbocycles. The van der Waals surface area contributed by atoms with E-state index in [1.54, 1.807) is 0 Å². The molecule has 1 heterocycles. The Balaban J connectivity index is 1.89. The Kier molecular flexibility index (Phi) is 4.58. The third-order valence-electron chi connectivity index (χ3n) is 2.99. The molecule has 2 aromatic rings. The normalized spacial score (nSPS) is 10.7. The van der Waals surface area contributed by atoms with Gasteiger partial charge < -0.3 is 14.9 Å². The summed E-state index contributed by atoms with van der Waals surface area (Å²) in [5.41, 5.74) is 7.61. The number of nitrogens with zero attached hydrogens (tertiary/aromatic N) is 1. The number of nitrogens with two attached hydrogens (primary N) is 1. The van der Waals surface area contributed by atoms with Crippen molar-refractivity contribution in [3.8, 4) is 5.75 Å². The molecule has 1 aromatic carbocycles. The lowest BCUT2D eigenvalue weighted by Crippen LogP contribution is -2.05. The lowest BCUT2D eigenvalue weighted by molar-refractivity contribution is 0.303. The minimum Gasteiger partial charge on any atom is -0.493 e. The third-order valence-corrected chi connectivity index (χ3v) is 2.99. The van der Waals surface area contributed by atoms with Gasteiger partial charge in [-0.1, -0.05) is 18.2 Å². The number of hydrogen-bond donors (Lipinski definition) is 1. The number of aromatic nitrogens is 1. The van der Waals surface area contributed by atoms with E-state index in [-0.39, 0.29) is 0 Å². The number of para-hydroxylation sites is 1.